The largest absolute Gasteiger partial charge is 0.303 e. The zero-order chi connectivity index (χ0) is 7.44. The fourth-order valence-electron chi connectivity index (χ4n) is 0.370. The Balaban J connectivity index is 4.00. The van der Waals surface area contributed by atoms with E-state index in [9.17, 15) is 4.79 Å². The molecule has 0 rings (SSSR count). The lowest BCUT2D eigenvalue weighted by atomic mass is 10.3. The normalized spacial score (nSPS) is 11.3. The number of hydrogen-bond acceptors (Lipinski definition) is 3. The van der Waals surface area contributed by atoms with E-state index in [-0.39, 0.29) is 5.78 Å². The summed E-state index contributed by atoms with van der Waals surface area (Å²) in [6, 6.07) is 0. The number of nitrogens with zero attached hydrogens (tertiary/aromatic N) is 2. The zero-order valence-corrected chi connectivity index (χ0v) is 6.30. The predicted molar refractivity (Wildman–Crippen MR) is 37.5 cm³/mol. The standard InChI is InChI=1S/C6H12N2O/c1-5(6(2)9)7-8(3)4/h1-4H3. The van der Waals surface area contributed by atoms with Gasteiger partial charge in [-0.15, -0.1) is 0 Å². The summed E-state index contributed by atoms with van der Waals surface area (Å²) in [5.74, 6) is 0.0173. The summed E-state index contributed by atoms with van der Waals surface area (Å²) in [4.78, 5) is 10.5. The van der Waals surface area contributed by atoms with Crippen molar-refractivity contribution in [1.82, 2.24) is 5.01 Å². The molecule has 3 nitrogen and oxygen atoms in total. The second-order valence-corrected chi connectivity index (χ2v) is 2.09. The van der Waals surface area contributed by atoms with E-state index in [2.05, 4.69) is 5.10 Å². The Hall–Kier alpha value is -0.860. The van der Waals surface area contributed by atoms with E-state index in [0.717, 1.165) is 0 Å². The van der Waals surface area contributed by atoms with Gasteiger partial charge in [0, 0.05) is 21.0 Å². The van der Waals surface area contributed by atoms with Crippen LogP contribution in [0, 0.1) is 0 Å². The molecular formula is C6H12N2O. The monoisotopic (exact) mass is 128 g/mol. The Kier molecular flexibility index (Phi) is 2.91. The third-order valence-corrected chi connectivity index (χ3v) is 0.860. The first-order valence-corrected chi connectivity index (χ1v) is 2.77. The van der Waals surface area contributed by atoms with Crippen molar-refractivity contribution >= 4 is 11.5 Å². The van der Waals surface area contributed by atoms with E-state index in [1.165, 1.54) is 6.92 Å². The Labute approximate surface area is 55.4 Å². The van der Waals surface area contributed by atoms with Gasteiger partial charge in [0.1, 0.15) is 0 Å². The molecule has 0 heterocycles. The van der Waals surface area contributed by atoms with Crippen LogP contribution in [0.3, 0.4) is 0 Å². The second kappa shape index (κ2) is 3.22. The minimum Gasteiger partial charge on any atom is -0.303 e. The van der Waals surface area contributed by atoms with Crippen LogP contribution in [-0.2, 0) is 4.79 Å². The molecule has 0 unspecified atom stereocenters. The Morgan fingerprint density at radius 2 is 1.78 bits per heavy atom. The molecule has 9 heavy (non-hydrogen) atoms. The van der Waals surface area contributed by atoms with Gasteiger partial charge in [0.15, 0.2) is 5.78 Å². The minimum atomic E-state index is 0.0173. The van der Waals surface area contributed by atoms with Crippen LogP contribution in [0.25, 0.3) is 0 Å². The Bertz CT molecular complexity index is 138. The van der Waals surface area contributed by atoms with Gasteiger partial charge in [0.2, 0.25) is 0 Å². The van der Waals surface area contributed by atoms with E-state index < -0.39 is 0 Å². The molecule has 0 amide bonds. The van der Waals surface area contributed by atoms with Crippen LogP contribution in [0.2, 0.25) is 0 Å². The van der Waals surface area contributed by atoms with Crippen LogP contribution in [0.15, 0.2) is 5.10 Å². The Morgan fingerprint density at radius 1 is 1.33 bits per heavy atom. The Morgan fingerprint density at radius 3 is 1.89 bits per heavy atom. The summed E-state index contributed by atoms with van der Waals surface area (Å²) in [5, 5.41) is 5.49. The summed E-state index contributed by atoms with van der Waals surface area (Å²) in [6.45, 7) is 3.20. The molecule has 0 aromatic heterocycles. The highest BCUT2D eigenvalue weighted by molar-refractivity contribution is 6.37. The summed E-state index contributed by atoms with van der Waals surface area (Å²) < 4.78 is 0. The summed E-state index contributed by atoms with van der Waals surface area (Å²) in [5.41, 5.74) is 0.542. The van der Waals surface area contributed by atoms with E-state index in [0.29, 0.717) is 5.71 Å². The van der Waals surface area contributed by atoms with Crippen molar-refractivity contribution in [3.63, 3.8) is 0 Å². The van der Waals surface area contributed by atoms with Crippen molar-refractivity contribution in [3.05, 3.63) is 0 Å². The highest BCUT2D eigenvalue weighted by Gasteiger charge is 1.96. The quantitative estimate of drug-likeness (QED) is 0.401. The van der Waals surface area contributed by atoms with E-state index in [4.69, 9.17) is 0 Å². The number of hydrogen-bond donors (Lipinski definition) is 0. The molecule has 0 aliphatic rings. The number of hydrazone groups is 1. The van der Waals surface area contributed by atoms with E-state index >= 15 is 0 Å². The van der Waals surface area contributed by atoms with Gasteiger partial charge in [0.25, 0.3) is 0 Å². The van der Waals surface area contributed by atoms with Gasteiger partial charge in [-0.1, -0.05) is 0 Å². The number of rotatable bonds is 2. The van der Waals surface area contributed by atoms with Crippen molar-refractivity contribution < 1.29 is 4.79 Å². The highest BCUT2D eigenvalue weighted by Crippen LogP contribution is 1.81. The number of carbonyl (C=O) groups excluding carboxylic acids is 1. The number of carbonyl (C=O) groups is 1. The third-order valence-electron chi connectivity index (χ3n) is 0.860. The summed E-state index contributed by atoms with van der Waals surface area (Å²) >= 11 is 0. The average Bonchev–Trinajstić information content (AvgIpc) is 1.63. The molecule has 0 fully saturated rings. The van der Waals surface area contributed by atoms with Crippen molar-refractivity contribution in [2.45, 2.75) is 13.8 Å². The van der Waals surface area contributed by atoms with Crippen LogP contribution >= 0.6 is 0 Å². The van der Waals surface area contributed by atoms with Crippen LogP contribution in [0.1, 0.15) is 13.8 Å². The molecule has 0 N–H and O–H groups in total. The van der Waals surface area contributed by atoms with Crippen LogP contribution in [0.4, 0.5) is 0 Å². The van der Waals surface area contributed by atoms with Gasteiger partial charge in [-0.25, -0.2) is 0 Å². The zero-order valence-electron chi connectivity index (χ0n) is 6.30. The first-order chi connectivity index (χ1) is 4.04. The maximum atomic E-state index is 10.5. The first-order valence-electron chi connectivity index (χ1n) is 2.77. The molecule has 0 atom stereocenters. The fourth-order valence-corrected chi connectivity index (χ4v) is 0.370. The van der Waals surface area contributed by atoms with E-state index in [1.807, 2.05) is 0 Å². The molecule has 0 saturated heterocycles. The highest BCUT2D eigenvalue weighted by atomic mass is 16.1. The second-order valence-electron chi connectivity index (χ2n) is 2.09. The predicted octanol–water partition coefficient (Wildman–Crippen LogP) is 0.513. The molecule has 0 bridgehead atoms. The summed E-state index contributed by atoms with van der Waals surface area (Å²) in [7, 11) is 3.57. The van der Waals surface area contributed by atoms with Crippen molar-refractivity contribution in [2.75, 3.05) is 14.1 Å². The van der Waals surface area contributed by atoms with Crippen LogP contribution < -0.4 is 0 Å². The van der Waals surface area contributed by atoms with Crippen molar-refractivity contribution in [1.29, 1.82) is 0 Å². The maximum Gasteiger partial charge on any atom is 0.175 e. The minimum absolute atomic E-state index is 0.0173. The van der Waals surface area contributed by atoms with Gasteiger partial charge >= 0.3 is 0 Å². The molecule has 0 aromatic carbocycles. The topological polar surface area (TPSA) is 32.7 Å². The lowest BCUT2D eigenvalue weighted by Crippen LogP contribution is -2.11. The number of ketones is 1. The molecule has 0 saturated carbocycles. The smallest absolute Gasteiger partial charge is 0.175 e. The molecular weight excluding hydrogens is 116 g/mol. The lowest BCUT2D eigenvalue weighted by Gasteiger charge is -2.03. The van der Waals surface area contributed by atoms with Gasteiger partial charge in [-0.2, -0.15) is 5.10 Å². The SMILES string of the molecule is CC(=O)C(C)=NN(C)C. The van der Waals surface area contributed by atoms with Gasteiger partial charge in [0.05, 0.1) is 5.71 Å². The van der Waals surface area contributed by atoms with Gasteiger partial charge < -0.3 is 5.01 Å². The third kappa shape index (κ3) is 3.70. The lowest BCUT2D eigenvalue weighted by molar-refractivity contribution is -0.111. The maximum absolute atomic E-state index is 10.5. The van der Waals surface area contributed by atoms with Crippen molar-refractivity contribution in [3.8, 4) is 0 Å². The van der Waals surface area contributed by atoms with Crippen molar-refractivity contribution in [2.24, 2.45) is 5.10 Å². The van der Waals surface area contributed by atoms with E-state index in [1.54, 1.807) is 26.0 Å². The molecule has 52 valence electrons. The molecule has 0 aliphatic heterocycles. The van der Waals surface area contributed by atoms with Crippen LogP contribution in [-0.4, -0.2) is 30.6 Å². The summed E-state index contributed by atoms with van der Waals surface area (Å²) in [6.07, 6.45) is 0. The first kappa shape index (κ1) is 8.14. The van der Waals surface area contributed by atoms with Gasteiger partial charge in [-0.3, -0.25) is 4.79 Å². The van der Waals surface area contributed by atoms with Crippen LogP contribution in [0.5, 0.6) is 0 Å². The average molecular weight is 128 g/mol. The molecule has 0 aliphatic carbocycles. The fraction of sp³-hybridized carbons (Fsp3) is 0.667. The molecule has 0 radical (unpaired) electrons. The molecule has 0 spiro atoms. The van der Waals surface area contributed by atoms with Gasteiger partial charge in [-0.05, 0) is 6.92 Å². The molecule has 0 aromatic rings. The number of Topliss-reactive ketones (excluding diaryl/α,β-unsaturated/α-hetero) is 1. The molecule has 3 heteroatoms.